The van der Waals surface area contributed by atoms with Crippen molar-refractivity contribution >= 4 is 28.5 Å². The van der Waals surface area contributed by atoms with Gasteiger partial charge >= 0.3 is 0 Å². The van der Waals surface area contributed by atoms with Crippen molar-refractivity contribution in [2.24, 2.45) is 0 Å². The number of hydrogen-bond donors (Lipinski definition) is 2. The average Bonchev–Trinajstić information content (AvgIpc) is 3.26. The summed E-state index contributed by atoms with van der Waals surface area (Å²) >= 11 is 0. The molecule has 1 atom stereocenters. The molecule has 0 bridgehead atoms. The van der Waals surface area contributed by atoms with Crippen LogP contribution in [0.2, 0.25) is 0 Å². The molecule has 0 saturated carbocycles. The number of nitrogen functional groups attached to an aromatic ring is 1. The monoisotopic (exact) mass is 337 g/mol. The minimum absolute atomic E-state index is 0.155. The largest absolute Gasteiger partial charge is 0.382 e. The molecule has 0 aliphatic rings. The van der Waals surface area contributed by atoms with E-state index in [1.807, 2.05) is 18.3 Å². The zero-order chi connectivity index (χ0) is 17.4. The Labute approximate surface area is 141 Å². The SMILES string of the molecule is CC(C(=O)NCc1ccn2cnnc2c1)n1cnc2c(N)ncnc21. The number of carbonyl (C=O) groups is 1. The summed E-state index contributed by atoms with van der Waals surface area (Å²) in [6, 6.07) is 3.29. The number of rotatable bonds is 4. The highest BCUT2D eigenvalue weighted by Gasteiger charge is 2.19. The maximum absolute atomic E-state index is 12.5. The van der Waals surface area contributed by atoms with Gasteiger partial charge in [-0.1, -0.05) is 0 Å². The third-order valence-electron chi connectivity index (χ3n) is 4.01. The quantitative estimate of drug-likeness (QED) is 0.549. The van der Waals surface area contributed by atoms with Crippen molar-refractivity contribution in [2.45, 2.75) is 19.5 Å². The second-order valence-corrected chi connectivity index (χ2v) is 5.61. The van der Waals surface area contributed by atoms with E-state index >= 15 is 0 Å². The first-order valence-corrected chi connectivity index (χ1v) is 7.62. The number of pyridine rings is 1. The summed E-state index contributed by atoms with van der Waals surface area (Å²) in [5.41, 5.74) is 8.45. The molecule has 0 aromatic carbocycles. The minimum Gasteiger partial charge on any atom is -0.382 e. The van der Waals surface area contributed by atoms with Crippen molar-refractivity contribution < 1.29 is 4.79 Å². The standard InChI is InChI=1S/C15H15N9O/c1-9(24-7-20-12-13(16)18-6-19-14(12)24)15(25)17-5-10-2-3-23-8-21-22-11(23)4-10/h2-4,6-9H,5H2,1H3,(H,17,25)(H2,16,18,19). The Hall–Kier alpha value is -3.56. The predicted molar refractivity (Wildman–Crippen MR) is 89.3 cm³/mol. The molecule has 0 radical (unpaired) electrons. The van der Waals surface area contributed by atoms with Gasteiger partial charge in [-0.05, 0) is 24.6 Å². The topological polar surface area (TPSA) is 129 Å². The number of aromatic nitrogens is 7. The molecule has 1 amide bonds. The van der Waals surface area contributed by atoms with Crippen LogP contribution in [0.15, 0.2) is 37.3 Å². The lowest BCUT2D eigenvalue weighted by molar-refractivity contribution is -0.123. The summed E-state index contributed by atoms with van der Waals surface area (Å²) in [4.78, 5) is 24.7. The number of nitrogens with two attached hydrogens (primary N) is 1. The molecule has 0 saturated heterocycles. The van der Waals surface area contributed by atoms with Crippen LogP contribution in [-0.4, -0.2) is 40.0 Å². The van der Waals surface area contributed by atoms with Crippen LogP contribution < -0.4 is 11.1 Å². The molecule has 3 N–H and O–H groups in total. The minimum atomic E-state index is -0.490. The van der Waals surface area contributed by atoms with Gasteiger partial charge in [-0.25, -0.2) is 15.0 Å². The van der Waals surface area contributed by atoms with Crippen molar-refractivity contribution in [3.05, 3.63) is 42.9 Å². The van der Waals surface area contributed by atoms with E-state index in [1.54, 1.807) is 28.5 Å². The Kier molecular flexibility index (Phi) is 3.49. The van der Waals surface area contributed by atoms with E-state index in [9.17, 15) is 4.79 Å². The van der Waals surface area contributed by atoms with E-state index in [1.165, 1.54) is 6.33 Å². The maximum atomic E-state index is 12.5. The summed E-state index contributed by atoms with van der Waals surface area (Å²) < 4.78 is 3.47. The second-order valence-electron chi connectivity index (χ2n) is 5.61. The van der Waals surface area contributed by atoms with Crippen molar-refractivity contribution in [3.8, 4) is 0 Å². The number of nitrogens with zero attached hydrogens (tertiary/aromatic N) is 7. The van der Waals surface area contributed by atoms with Gasteiger partial charge in [0, 0.05) is 12.7 Å². The lowest BCUT2D eigenvalue weighted by Gasteiger charge is -2.14. The number of anilines is 1. The molecule has 0 fully saturated rings. The zero-order valence-electron chi connectivity index (χ0n) is 13.4. The fourth-order valence-corrected chi connectivity index (χ4v) is 2.59. The van der Waals surface area contributed by atoms with Gasteiger partial charge in [0.2, 0.25) is 5.91 Å². The van der Waals surface area contributed by atoms with E-state index in [4.69, 9.17) is 5.73 Å². The van der Waals surface area contributed by atoms with Gasteiger partial charge in [0.1, 0.15) is 24.2 Å². The smallest absolute Gasteiger partial charge is 0.243 e. The molecule has 4 aromatic heterocycles. The van der Waals surface area contributed by atoms with Gasteiger partial charge in [0.25, 0.3) is 0 Å². The van der Waals surface area contributed by atoms with E-state index in [0.29, 0.717) is 17.7 Å². The van der Waals surface area contributed by atoms with Gasteiger partial charge < -0.3 is 15.6 Å². The summed E-state index contributed by atoms with van der Waals surface area (Å²) in [6.45, 7) is 2.16. The Morgan fingerprint density at radius 1 is 1.32 bits per heavy atom. The molecule has 10 nitrogen and oxygen atoms in total. The summed E-state index contributed by atoms with van der Waals surface area (Å²) in [6.07, 6.45) is 6.37. The number of hydrogen-bond acceptors (Lipinski definition) is 7. The lowest BCUT2D eigenvalue weighted by Crippen LogP contribution is -2.30. The number of amides is 1. The van der Waals surface area contributed by atoms with Crippen molar-refractivity contribution in [1.29, 1.82) is 0 Å². The Bertz CT molecular complexity index is 1070. The second kappa shape index (κ2) is 5.82. The normalized spacial score (nSPS) is 12.5. The van der Waals surface area contributed by atoms with E-state index in [2.05, 4.69) is 30.5 Å². The van der Waals surface area contributed by atoms with Crippen LogP contribution in [0.25, 0.3) is 16.8 Å². The highest BCUT2D eigenvalue weighted by atomic mass is 16.2. The molecule has 4 heterocycles. The average molecular weight is 337 g/mol. The highest BCUT2D eigenvalue weighted by Crippen LogP contribution is 2.18. The van der Waals surface area contributed by atoms with Crippen LogP contribution in [0.4, 0.5) is 5.82 Å². The molecular weight excluding hydrogens is 322 g/mol. The molecular formula is C15H15N9O. The highest BCUT2D eigenvalue weighted by molar-refractivity contribution is 5.85. The molecule has 1 unspecified atom stereocenters. The zero-order valence-corrected chi connectivity index (χ0v) is 13.4. The first-order chi connectivity index (χ1) is 12.1. The Morgan fingerprint density at radius 2 is 2.20 bits per heavy atom. The molecule has 126 valence electrons. The third-order valence-corrected chi connectivity index (χ3v) is 4.01. The van der Waals surface area contributed by atoms with Gasteiger partial charge in [-0.2, -0.15) is 0 Å². The van der Waals surface area contributed by atoms with Gasteiger partial charge in [-0.15, -0.1) is 10.2 Å². The van der Waals surface area contributed by atoms with Crippen molar-refractivity contribution in [1.82, 2.24) is 39.4 Å². The molecule has 0 aliphatic carbocycles. The van der Waals surface area contributed by atoms with Crippen molar-refractivity contribution in [2.75, 3.05) is 5.73 Å². The molecule has 4 rings (SSSR count). The van der Waals surface area contributed by atoms with E-state index in [-0.39, 0.29) is 11.7 Å². The molecule has 0 aliphatic heterocycles. The van der Waals surface area contributed by atoms with Crippen LogP contribution in [-0.2, 0) is 11.3 Å². The molecule has 4 aromatic rings. The number of carbonyl (C=O) groups excluding carboxylic acids is 1. The lowest BCUT2D eigenvalue weighted by atomic mass is 10.2. The van der Waals surface area contributed by atoms with Gasteiger partial charge in [0.15, 0.2) is 17.1 Å². The Balaban J connectivity index is 1.50. The molecule has 0 spiro atoms. The fourth-order valence-electron chi connectivity index (χ4n) is 2.59. The van der Waals surface area contributed by atoms with E-state index in [0.717, 1.165) is 11.2 Å². The first-order valence-electron chi connectivity index (χ1n) is 7.62. The van der Waals surface area contributed by atoms with Gasteiger partial charge in [0.05, 0.1) is 6.33 Å². The van der Waals surface area contributed by atoms with Gasteiger partial charge in [-0.3, -0.25) is 9.20 Å². The van der Waals surface area contributed by atoms with Crippen LogP contribution in [0, 0.1) is 0 Å². The summed E-state index contributed by atoms with van der Waals surface area (Å²) in [5, 5.41) is 10.7. The first kappa shape index (κ1) is 15.0. The summed E-state index contributed by atoms with van der Waals surface area (Å²) in [5.74, 6) is 0.135. The number of nitrogens with one attached hydrogen (secondary N) is 1. The predicted octanol–water partition coefficient (Wildman–Crippen LogP) is 0.329. The molecule has 10 heteroatoms. The fraction of sp³-hybridized carbons (Fsp3) is 0.200. The van der Waals surface area contributed by atoms with Crippen LogP contribution in [0.5, 0.6) is 0 Å². The van der Waals surface area contributed by atoms with Crippen LogP contribution in [0.3, 0.4) is 0 Å². The number of imidazole rings is 1. The number of fused-ring (bicyclic) bond motifs is 2. The van der Waals surface area contributed by atoms with Crippen LogP contribution in [0.1, 0.15) is 18.5 Å². The Morgan fingerprint density at radius 3 is 3.08 bits per heavy atom. The molecule has 25 heavy (non-hydrogen) atoms. The van der Waals surface area contributed by atoms with Crippen LogP contribution >= 0.6 is 0 Å². The third kappa shape index (κ3) is 2.63. The van der Waals surface area contributed by atoms with E-state index < -0.39 is 6.04 Å². The summed E-state index contributed by atoms with van der Waals surface area (Å²) in [7, 11) is 0. The van der Waals surface area contributed by atoms with Crippen molar-refractivity contribution in [3.63, 3.8) is 0 Å². The maximum Gasteiger partial charge on any atom is 0.243 e.